The van der Waals surface area contributed by atoms with Crippen LogP contribution in [0.2, 0.25) is 0 Å². The van der Waals surface area contributed by atoms with Crippen molar-refractivity contribution in [1.82, 2.24) is 0 Å². The molecule has 1 aromatic carbocycles. The van der Waals surface area contributed by atoms with E-state index in [1.54, 1.807) is 11.9 Å². The van der Waals surface area contributed by atoms with Crippen molar-refractivity contribution in [3.05, 3.63) is 39.8 Å². The zero-order valence-electron chi connectivity index (χ0n) is 10.1. The van der Waals surface area contributed by atoms with E-state index < -0.39 is 5.41 Å². The predicted molar refractivity (Wildman–Crippen MR) is 66.0 cm³/mol. The summed E-state index contributed by atoms with van der Waals surface area (Å²) in [6.07, 6.45) is 0. The Bertz CT molecular complexity index is 533. The van der Waals surface area contributed by atoms with Gasteiger partial charge in [0.15, 0.2) is 0 Å². The zero-order valence-corrected chi connectivity index (χ0v) is 10.1. The number of hydrogen-bond acceptors (Lipinski definition) is 2. The van der Waals surface area contributed by atoms with Crippen LogP contribution in [0.5, 0.6) is 0 Å². The number of azide groups is 1. The minimum atomic E-state index is -0.734. The third-order valence-electron chi connectivity index (χ3n) is 3.33. The Kier molecular flexibility index (Phi) is 2.56. The van der Waals surface area contributed by atoms with Gasteiger partial charge in [-0.15, -0.1) is 0 Å². The van der Waals surface area contributed by atoms with E-state index in [4.69, 9.17) is 5.53 Å². The highest BCUT2D eigenvalue weighted by atomic mass is 16.2. The molecule has 0 spiro atoms. The Labute approximate surface area is 99.7 Å². The van der Waals surface area contributed by atoms with Crippen molar-refractivity contribution >= 4 is 11.6 Å². The Balaban J connectivity index is 2.60. The van der Waals surface area contributed by atoms with Crippen molar-refractivity contribution in [3.8, 4) is 0 Å². The van der Waals surface area contributed by atoms with E-state index in [1.807, 2.05) is 32.0 Å². The Morgan fingerprint density at radius 3 is 2.88 bits per heavy atom. The average Bonchev–Trinajstić information content (AvgIpc) is 2.50. The van der Waals surface area contributed by atoms with Crippen molar-refractivity contribution in [2.75, 3.05) is 18.5 Å². The molecule has 1 aromatic rings. The van der Waals surface area contributed by atoms with Crippen LogP contribution in [0.25, 0.3) is 10.4 Å². The molecule has 1 heterocycles. The molecule has 0 aromatic heterocycles. The highest BCUT2D eigenvalue weighted by Crippen LogP contribution is 2.41. The van der Waals surface area contributed by atoms with Gasteiger partial charge in [0.25, 0.3) is 0 Å². The maximum atomic E-state index is 12.2. The fourth-order valence-electron chi connectivity index (χ4n) is 2.30. The summed E-state index contributed by atoms with van der Waals surface area (Å²) in [4.78, 5) is 16.6. The van der Waals surface area contributed by atoms with E-state index in [-0.39, 0.29) is 12.5 Å². The topological polar surface area (TPSA) is 69.1 Å². The average molecular weight is 230 g/mol. The van der Waals surface area contributed by atoms with Crippen LogP contribution in [0.15, 0.2) is 23.3 Å². The lowest BCUT2D eigenvalue weighted by Crippen LogP contribution is -2.38. The number of benzene rings is 1. The summed E-state index contributed by atoms with van der Waals surface area (Å²) in [5.74, 6) is -0.0227. The molecule has 0 bridgehead atoms. The fraction of sp³-hybridized carbons (Fsp3) is 0.417. The van der Waals surface area contributed by atoms with Crippen LogP contribution in [-0.4, -0.2) is 19.5 Å². The van der Waals surface area contributed by atoms with Gasteiger partial charge in [-0.2, -0.15) is 0 Å². The van der Waals surface area contributed by atoms with Crippen molar-refractivity contribution in [3.63, 3.8) is 0 Å². The second-order valence-corrected chi connectivity index (χ2v) is 4.61. The van der Waals surface area contributed by atoms with Gasteiger partial charge in [-0.05, 0) is 31.0 Å². The lowest BCUT2D eigenvalue weighted by atomic mass is 9.83. The molecule has 0 saturated heterocycles. The predicted octanol–water partition coefficient (Wildman–Crippen LogP) is 2.54. The monoisotopic (exact) mass is 230 g/mol. The third kappa shape index (κ3) is 1.56. The zero-order chi connectivity index (χ0) is 12.6. The maximum Gasteiger partial charge on any atom is 0.237 e. The number of fused-ring (bicyclic) bond motifs is 1. The second kappa shape index (κ2) is 3.79. The van der Waals surface area contributed by atoms with Crippen LogP contribution in [0.4, 0.5) is 5.69 Å². The van der Waals surface area contributed by atoms with Crippen molar-refractivity contribution in [1.29, 1.82) is 0 Å². The highest BCUT2D eigenvalue weighted by molar-refractivity contribution is 6.07. The van der Waals surface area contributed by atoms with E-state index in [0.717, 1.165) is 16.8 Å². The molecule has 0 aliphatic carbocycles. The van der Waals surface area contributed by atoms with Gasteiger partial charge in [0.1, 0.15) is 0 Å². The lowest BCUT2D eigenvalue weighted by Gasteiger charge is -2.20. The summed E-state index contributed by atoms with van der Waals surface area (Å²) >= 11 is 0. The smallest absolute Gasteiger partial charge is 0.237 e. The first kappa shape index (κ1) is 11.5. The van der Waals surface area contributed by atoms with E-state index in [9.17, 15) is 4.79 Å². The molecule has 1 aliphatic rings. The fourth-order valence-corrected chi connectivity index (χ4v) is 2.30. The SMILES string of the molecule is Cc1ccc2c(c1)C(C)(CN=[N+]=[N-])C(=O)N2C. The number of likely N-dealkylation sites (N-methyl/N-ethyl adjacent to an activating group) is 1. The maximum absolute atomic E-state index is 12.2. The molecule has 1 amide bonds. The summed E-state index contributed by atoms with van der Waals surface area (Å²) in [6, 6.07) is 5.90. The number of nitrogens with zero attached hydrogens (tertiary/aromatic N) is 4. The first-order valence-electron chi connectivity index (χ1n) is 5.41. The Morgan fingerprint density at radius 1 is 1.53 bits per heavy atom. The Hall–Kier alpha value is -2.00. The van der Waals surface area contributed by atoms with Gasteiger partial charge < -0.3 is 4.90 Å². The van der Waals surface area contributed by atoms with Crippen LogP contribution in [-0.2, 0) is 10.2 Å². The van der Waals surface area contributed by atoms with Gasteiger partial charge in [-0.25, -0.2) is 0 Å². The van der Waals surface area contributed by atoms with Crippen LogP contribution in [0, 0.1) is 6.92 Å². The number of amides is 1. The largest absolute Gasteiger partial charge is 0.314 e. The Morgan fingerprint density at radius 2 is 2.24 bits per heavy atom. The number of hydrogen-bond donors (Lipinski definition) is 0. The van der Waals surface area contributed by atoms with Crippen LogP contribution >= 0.6 is 0 Å². The van der Waals surface area contributed by atoms with E-state index in [1.165, 1.54) is 0 Å². The summed E-state index contributed by atoms with van der Waals surface area (Å²) in [7, 11) is 1.75. The van der Waals surface area contributed by atoms with Crippen LogP contribution in [0.1, 0.15) is 18.1 Å². The van der Waals surface area contributed by atoms with Crippen molar-refractivity contribution in [2.45, 2.75) is 19.3 Å². The standard InChI is InChI=1S/C12H14N4O/c1-8-4-5-10-9(6-8)12(2,7-14-15-13)11(17)16(10)3/h4-6H,7H2,1-3H3. The van der Waals surface area contributed by atoms with E-state index >= 15 is 0 Å². The minimum absolute atomic E-state index is 0.0227. The first-order valence-corrected chi connectivity index (χ1v) is 5.41. The van der Waals surface area contributed by atoms with Gasteiger partial charge >= 0.3 is 0 Å². The molecular formula is C12H14N4O. The van der Waals surface area contributed by atoms with Crippen LogP contribution < -0.4 is 4.90 Å². The molecule has 2 rings (SSSR count). The quantitative estimate of drug-likeness (QED) is 0.437. The number of carbonyl (C=O) groups is 1. The lowest BCUT2D eigenvalue weighted by molar-refractivity contribution is -0.122. The number of anilines is 1. The van der Waals surface area contributed by atoms with Gasteiger partial charge in [-0.3, -0.25) is 4.79 Å². The third-order valence-corrected chi connectivity index (χ3v) is 3.33. The summed E-state index contributed by atoms with van der Waals surface area (Å²) in [5, 5.41) is 3.57. The first-order chi connectivity index (χ1) is 8.00. The molecule has 1 unspecified atom stereocenters. The molecule has 88 valence electrons. The van der Waals surface area contributed by atoms with Gasteiger partial charge in [-0.1, -0.05) is 22.8 Å². The second-order valence-electron chi connectivity index (χ2n) is 4.61. The molecular weight excluding hydrogens is 216 g/mol. The minimum Gasteiger partial charge on any atom is -0.314 e. The molecule has 0 N–H and O–H groups in total. The van der Waals surface area contributed by atoms with E-state index in [0.29, 0.717) is 0 Å². The molecule has 5 heteroatoms. The van der Waals surface area contributed by atoms with Gasteiger partial charge in [0.05, 0.1) is 5.41 Å². The molecule has 1 aliphatic heterocycles. The normalized spacial score (nSPS) is 22.3. The molecule has 0 radical (unpaired) electrons. The summed E-state index contributed by atoms with van der Waals surface area (Å²) in [6.45, 7) is 3.96. The molecule has 17 heavy (non-hydrogen) atoms. The molecule has 5 nitrogen and oxygen atoms in total. The molecule has 1 atom stereocenters. The highest BCUT2D eigenvalue weighted by Gasteiger charge is 2.45. The number of aryl methyl sites for hydroxylation is 1. The van der Waals surface area contributed by atoms with Gasteiger partial charge in [0.2, 0.25) is 5.91 Å². The molecule has 0 saturated carbocycles. The van der Waals surface area contributed by atoms with Crippen molar-refractivity contribution < 1.29 is 4.79 Å². The summed E-state index contributed by atoms with van der Waals surface area (Å²) < 4.78 is 0. The van der Waals surface area contributed by atoms with Crippen molar-refractivity contribution in [2.24, 2.45) is 5.11 Å². The van der Waals surface area contributed by atoms with E-state index in [2.05, 4.69) is 10.0 Å². The molecule has 0 fully saturated rings. The van der Waals surface area contributed by atoms with Crippen LogP contribution in [0.3, 0.4) is 0 Å². The summed E-state index contributed by atoms with van der Waals surface area (Å²) in [5.41, 5.74) is 10.6. The number of carbonyl (C=O) groups excluding carboxylic acids is 1. The van der Waals surface area contributed by atoms with Gasteiger partial charge in [0, 0.05) is 24.2 Å². The number of rotatable bonds is 2.